The first-order valence-corrected chi connectivity index (χ1v) is 4.22. The van der Waals surface area contributed by atoms with Crippen molar-refractivity contribution in [3.8, 4) is 0 Å². The van der Waals surface area contributed by atoms with Crippen molar-refractivity contribution < 1.29 is 9.53 Å². The predicted octanol–water partition coefficient (Wildman–Crippen LogP) is 0.810. The molecule has 1 heterocycles. The average molecular weight is 169 g/mol. The lowest BCUT2D eigenvalue weighted by molar-refractivity contribution is -0.125. The van der Waals surface area contributed by atoms with Gasteiger partial charge in [0.25, 0.3) is 0 Å². The number of hydrogen-bond acceptors (Lipinski definition) is 2. The van der Waals surface area contributed by atoms with Crippen LogP contribution in [0.25, 0.3) is 0 Å². The second kappa shape index (κ2) is 4.26. The minimum Gasteiger partial charge on any atom is -0.380 e. The van der Waals surface area contributed by atoms with E-state index in [9.17, 15) is 4.79 Å². The third-order valence-corrected chi connectivity index (χ3v) is 2.10. The number of nitrogens with zero attached hydrogens (tertiary/aromatic N) is 1. The summed E-state index contributed by atoms with van der Waals surface area (Å²) in [6.07, 6.45) is 4.56. The van der Waals surface area contributed by atoms with Crippen LogP contribution in [0.3, 0.4) is 0 Å². The number of likely N-dealkylation sites (tertiary alicyclic amines) is 1. The summed E-state index contributed by atoms with van der Waals surface area (Å²) in [5.74, 6) is 0.0945. The number of carbonyl (C=O) groups is 1. The minimum absolute atomic E-state index is 0.0945. The number of rotatable bonds is 2. The van der Waals surface area contributed by atoms with Crippen LogP contribution in [0.4, 0.5) is 0 Å². The highest BCUT2D eigenvalue weighted by atomic mass is 16.5. The molecule has 0 saturated carbocycles. The quantitative estimate of drug-likeness (QED) is 0.572. The second-order valence-electron chi connectivity index (χ2n) is 2.93. The molecule has 1 amide bonds. The van der Waals surface area contributed by atoms with Crippen LogP contribution in [0, 0.1) is 0 Å². The lowest BCUT2D eigenvalue weighted by Crippen LogP contribution is -2.28. The number of methoxy groups -OCH3 is 1. The molecule has 3 heteroatoms. The lowest BCUT2D eigenvalue weighted by atomic mass is 10.3. The van der Waals surface area contributed by atoms with E-state index in [4.69, 9.17) is 4.74 Å². The first kappa shape index (κ1) is 9.26. The maximum atomic E-state index is 11.3. The molecule has 68 valence electrons. The molecule has 1 fully saturated rings. The molecule has 0 bridgehead atoms. The third kappa shape index (κ3) is 2.08. The standard InChI is InChI=1S/C9H15NO2/c1-3-4-9(11)10-6-5-8(7-10)12-2/h3-4,8H,5-7H2,1-2H3/t8-/m0/s1. The Morgan fingerprint density at radius 3 is 2.92 bits per heavy atom. The minimum atomic E-state index is 0.0945. The van der Waals surface area contributed by atoms with Gasteiger partial charge in [0.2, 0.25) is 5.91 Å². The number of allylic oxidation sites excluding steroid dienone is 1. The molecule has 1 atom stereocenters. The van der Waals surface area contributed by atoms with Gasteiger partial charge < -0.3 is 9.64 Å². The van der Waals surface area contributed by atoms with Crippen LogP contribution in [-0.2, 0) is 9.53 Å². The van der Waals surface area contributed by atoms with Gasteiger partial charge in [-0.2, -0.15) is 0 Å². The second-order valence-corrected chi connectivity index (χ2v) is 2.93. The maximum absolute atomic E-state index is 11.3. The molecule has 0 aromatic rings. The highest BCUT2D eigenvalue weighted by Gasteiger charge is 2.24. The third-order valence-electron chi connectivity index (χ3n) is 2.10. The van der Waals surface area contributed by atoms with Gasteiger partial charge in [-0.15, -0.1) is 0 Å². The van der Waals surface area contributed by atoms with Crippen molar-refractivity contribution in [3.05, 3.63) is 12.2 Å². The number of hydrogen-bond donors (Lipinski definition) is 0. The fraction of sp³-hybridized carbons (Fsp3) is 0.667. The Morgan fingerprint density at radius 2 is 2.42 bits per heavy atom. The van der Waals surface area contributed by atoms with Gasteiger partial charge in [-0.3, -0.25) is 4.79 Å². The summed E-state index contributed by atoms with van der Waals surface area (Å²) in [5, 5.41) is 0. The molecule has 0 unspecified atom stereocenters. The molecule has 3 nitrogen and oxygen atoms in total. The van der Waals surface area contributed by atoms with Crippen LogP contribution in [0.1, 0.15) is 13.3 Å². The molecule has 0 spiro atoms. The van der Waals surface area contributed by atoms with E-state index in [0.29, 0.717) is 0 Å². The van der Waals surface area contributed by atoms with E-state index in [-0.39, 0.29) is 12.0 Å². The molecule has 12 heavy (non-hydrogen) atoms. The molecule has 1 rings (SSSR count). The molecule has 0 radical (unpaired) electrons. The van der Waals surface area contributed by atoms with Crippen molar-refractivity contribution >= 4 is 5.91 Å². The molecular formula is C9H15NO2. The van der Waals surface area contributed by atoms with Gasteiger partial charge in [-0.1, -0.05) is 6.08 Å². The first-order valence-electron chi connectivity index (χ1n) is 4.22. The zero-order valence-corrected chi connectivity index (χ0v) is 7.62. The normalized spacial score (nSPS) is 23.8. The van der Waals surface area contributed by atoms with E-state index in [2.05, 4.69) is 0 Å². The van der Waals surface area contributed by atoms with Gasteiger partial charge in [0, 0.05) is 20.2 Å². The largest absolute Gasteiger partial charge is 0.380 e. The van der Waals surface area contributed by atoms with Crippen LogP contribution >= 0.6 is 0 Å². The summed E-state index contributed by atoms with van der Waals surface area (Å²) in [5.41, 5.74) is 0. The van der Waals surface area contributed by atoms with Gasteiger partial charge in [0.05, 0.1) is 6.10 Å². The monoisotopic (exact) mass is 169 g/mol. The number of carbonyl (C=O) groups excluding carboxylic acids is 1. The Hall–Kier alpha value is -0.830. The molecule has 0 N–H and O–H groups in total. The van der Waals surface area contributed by atoms with Gasteiger partial charge in [0.15, 0.2) is 0 Å². The molecule has 0 aromatic heterocycles. The summed E-state index contributed by atoms with van der Waals surface area (Å²) < 4.78 is 5.15. The summed E-state index contributed by atoms with van der Waals surface area (Å²) >= 11 is 0. The van der Waals surface area contributed by atoms with Crippen LogP contribution in [0.2, 0.25) is 0 Å². The Kier molecular flexibility index (Phi) is 3.29. The number of ether oxygens (including phenoxy) is 1. The Labute approximate surface area is 73.0 Å². The molecule has 1 saturated heterocycles. The van der Waals surface area contributed by atoms with E-state index in [1.54, 1.807) is 19.3 Å². The van der Waals surface area contributed by atoms with E-state index >= 15 is 0 Å². The van der Waals surface area contributed by atoms with Crippen LogP contribution in [0.15, 0.2) is 12.2 Å². The Morgan fingerprint density at radius 1 is 1.67 bits per heavy atom. The van der Waals surface area contributed by atoms with Gasteiger partial charge in [0.1, 0.15) is 0 Å². The summed E-state index contributed by atoms with van der Waals surface area (Å²) in [7, 11) is 1.69. The molecular weight excluding hydrogens is 154 g/mol. The van der Waals surface area contributed by atoms with E-state index in [0.717, 1.165) is 19.5 Å². The van der Waals surface area contributed by atoms with Crippen LogP contribution in [0.5, 0.6) is 0 Å². The molecule has 1 aliphatic heterocycles. The van der Waals surface area contributed by atoms with Crippen molar-refractivity contribution in [1.29, 1.82) is 0 Å². The van der Waals surface area contributed by atoms with E-state index in [1.807, 2.05) is 11.8 Å². The fourth-order valence-corrected chi connectivity index (χ4v) is 1.37. The Bertz CT molecular complexity index is 189. The predicted molar refractivity (Wildman–Crippen MR) is 46.8 cm³/mol. The summed E-state index contributed by atoms with van der Waals surface area (Å²) in [6, 6.07) is 0. The maximum Gasteiger partial charge on any atom is 0.246 e. The van der Waals surface area contributed by atoms with Crippen molar-refractivity contribution in [2.45, 2.75) is 19.4 Å². The van der Waals surface area contributed by atoms with Gasteiger partial charge >= 0.3 is 0 Å². The zero-order chi connectivity index (χ0) is 8.97. The van der Waals surface area contributed by atoms with Crippen LogP contribution in [-0.4, -0.2) is 37.1 Å². The first-order chi connectivity index (χ1) is 5.77. The average Bonchev–Trinajstić information content (AvgIpc) is 2.52. The van der Waals surface area contributed by atoms with E-state index in [1.165, 1.54) is 0 Å². The van der Waals surface area contributed by atoms with Crippen molar-refractivity contribution in [1.82, 2.24) is 4.90 Å². The Balaban J connectivity index is 2.41. The zero-order valence-electron chi connectivity index (χ0n) is 7.62. The van der Waals surface area contributed by atoms with Crippen molar-refractivity contribution in [2.24, 2.45) is 0 Å². The lowest BCUT2D eigenvalue weighted by Gasteiger charge is -2.13. The topological polar surface area (TPSA) is 29.5 Å². The number of amides is 1. The molecule has 1 aliphatic rings. The molecule has 0 aliphatic carbocycles. The highest BCUT2D eigenvalue weighted by molar-refractivity contribution is 5.87. The van der Waals surface area contributed by atoms with Gasteiger partial charge in [-0.25, -0.2) is 0 Å². The van der Waals surface area contributed by atoms with Gasteiger partial charge in [-0.05, 0) is 19.4 Å². The molecule has 0 aromatic carbocycles. The smallest absolute Gasteiger partial charge is 0.246 e. The van der Waals surface area contributed by atoms with Crippen LogP contribution < -0.4 is 0 Å². The van der Waals surface area contributed by atoms with E-state index < -0.39 is 0 Å². The fourth-order valence-electron chi connectivity index (χ4n) is 1.37. The van der Waals surface area contributed by atoms with Crippen molar-refractivity contribution in [3.63, 3.8) is 0 Å². The summed E-state index contributed by atoms with van der Waals surface area (Å²) in [4.78, 5) is 13.1. The summed E-state index contributed by atoms with van der Waals surface area (Å²) in [6.45, 7) is 3.41. The highest BCUT2D eigenvalue weighted by Crippen LogP contribution is 2.11. The van der Waals surface area contributed by atoms with Crippen molar-refractivity contribution in [2.75, 3.05) is 20.2 Å². The SMILES string of the molecule is CC=CC(=O)N1CC[C@H](OC)C1.